The second kappa shape index (κ2) is 7.04. The smallest absolute Gasteiger partial charge is 0.338 e. The van der Waals surface area contributed by atoms with Crippen LogP contribution in [-0.4, -0.2) is 36.4 Å². The van der Waals surface area contributed by atoms with E-state index in [2.05, 4.69) is 10.1 Å². The number of rotatable bonds is 5. The largest absolute Gasteiger partial charge is 0.493 e. The van der Waals surface area contributed by atoms with E-state index in [0.717, 1.165) is 5.56 Å². The normalized spacial score (nSPS) is 12.7. The van der Waals surface area contributed by atoms with Crippen LogP contribution < -0.4 is 14.2 Å². The zero-order valence-electron chi connectivity index (χ0n) is 13.8. The van der Waals surface area contributed by atoms with Crippen LogP contribution >= 0.6 is 11.3 Å². The Kier molecular flexibility index (Phi) is 4.44. The molecule has 9 heteroatoms. The Labute approximate surface area is 152 Å². The molecular weight excluding hydrogens is 360 g/mol. The van der Waals surface area contributed by atoms with Crippen LogP contribution in [0, 0.1) is 0 Å². The van der Waals surface area contributed by atoms with E-state index in [4.69, 9.17) is 23.5 Å². The van der Waals surface area contributed by atoms with Crippen molar-refractivity contribution in [2.75, 3.05) is 20.3 Å². The predicted octanol–water partition coefficient (Wildman–Crippen LogP) is 2.93. The number of carbonyl (C=O) groups is 1. The minimum Gasteiger partial charge on any atom is -0.493 e. The van der Waals surface area contributed by atoms with Gasteiger partial charge in [0.2, 0.25) is 11.6 Å². The van der Waals surface area contributed by atoms with Gasteiger partial charge in [0.15, 0.2) is 18.1 Å². The molecule has 0 unspecified atom stereocenters. The van der Waals surface area contributed by atoms with Crippen molar-refractivity contribution in [3.05, 3.63) is 40.4 Å². The molecule has 0 radical (unpaired) electrons. The maximum Gasteiger partial charge on any atom is 0.338 e. The summed E-state index contributed by atoms with van der Waals surface area (Å²) >= 11 is 1.53. The second-order valence-electron chi connectivity index (χ2n) is 5.30. The van der Waals surface area contributed by atoms with Crippen LogP contribution in [0.2, 0.25) is 0 Å². The lowest BCUT2D eigenvalue weighted by atomic mass is 10.1. The molecule has 4 rings (SSSR count). The van der Waals surface area contributed by atoms with Gasteiger partial charge in [-0.05, 0) is 23.6 Å². The molecule has 0 saturated carbocycles. The van der Waals surface area contributed by atoms with Gasteiger partial charge in [-0.25, -0.2) is 4.79 Å². The summed E-state index contributed by atoms with van der Waals surface area (Å²) in [4.78, 5) is 16.5. The van der Waals surface area contributed by atoms with E-state index in [1.165, 1.54) is 18.4 Å². The molecule has 0 N–H and O–H groups in total. The molecule has 1 aliphatic heterocycles. The van der Waals surface area contributed by atoms with Crippen LogP contribution in [0.25, 0.3) is 11.4 Å². The maximum atomic E-state index is 12.3. The molecule has 0 atom stereocenters. The molecule has 0 amide bonds. The van der Waals surface area contributed by atoms with E-state index in [-0.39, 0.29) is 18.1 Å². The van der Waals surface area contributed by atoms with Gasteiger partial charge in [0.25, 0.3) is 5.89 Å². The number of fused-ring (bicyclic) bond motifs is 1. The van der Waals surface area contributed by atoms with Crippen LogP contribution in [0.4, 0.5) is 0 Å². The van der Waals surface area contributed by atoms with E-state index < -0.39 is 5.97 Å². The minimum atomic E-state index is -0.560. The molecular formula is C17H14N2O6S. The molecule has 1 aromatic carbocycles. The monoisotopic (exact) mass is 374 g/mol. The highest BCUT2D eigenvalue weighted by Gasteiger charge is 2.22. The Morgan fingerprint density at radius 1 is 1.31 bits per heavy atom. The topological polar surface area (TPSA) is 92.9 Å². The van der Waals surface area contributed by atoms with Gasteiger partial charge >= 0.3 is 5.97 Å². The van der Waals surface area contributed by atoms with Crippen molar-refractivity contribution >= 4 is 17.3 Å². The van der Waals surface area contributed by atoms with Crippen molar-refractivity contribution in [1.29, 1.82) is 0 Å². The number of methoxy groups -OCH3 is 1. The summed E-state index contributed by atoms with van der Waals surface area (Å²) in [6, 6.07) is 4.98. The van der Waals surface area contributed by atoms with Gasteiger partial charge in [-0.2, -0.15) is 16.3 Å². The van der Waals surface area contributed by atoms with Crippen molar-refractivity contribution < 1.29 is 28.3 Å². The van der Waals surface area contributed by atoms with Crippen molar-refractivity contribution in [3.8, 4) is 28.6 Å². The first-order valence-electron chi connectivity index (χ1n) is 7.74. The fraction of sp³-hybridized carbons (Fsp3) is 0.235. The number of benzene rings is 1. The van der Waals surface area contributed by atoms with E-state index in [0.29, 0.717) is 36.3 Å². The number of ether oxygens (including phenoxy) is 4. The fourth-order valence-corrected chi connectivity index (χ4v) is 3.06. The molecule has 8 nitrogen and oxygen atoms in total. The number of esters is 1. The molecule has 2 aromatic heterocycles. The number of carbonyl (C=O) groups excluding carboxylic acids is 1. The average Bonchev–Trinajstić information content (AvgIpc) is 3.36. The molecule has 0 spiro atoms. The lowest BCUT2D eigenvalue weighted by Crippen LogP contribution is -2.17. The average molecular weight is 374 g/mol. The summed E-state index contributed by atoms with van der Waals surface area (Å²) in [5.74, 6) is 1.44. The molecule has 3 aromatic rings. The fourth-order valence-electron chi connectivity index (χ4n) is 2.42. The maximum absolute atomic E-state index is 12.3. The van der Waals surface area contributed by atoms with Gasteiger partial charge in [0, 0.05) is 10.9 Å². The SMILES string of the molecule is COc1cc(C(=O)OCc2nc(-c3ccsc3)no2)cc2c1OCCO2. The first kappa shape index (κ1) is 16.4. The standard InChI is InChI=1S/C17H14N2O6S/c1-21-12-6-11(7-13-15(12)23-4-3-22-13)17(20)24-8-14-18-16(19-25-14)10-2-5-26-9-10/h2,5-7,9H,3-4,8H2,1H3. The summed E-state index contributed by atoms with van der Waals surface area (Å²) in [7, 11) is 1.49. The van der Waals surface area contributed by atoms with Gasteiger partial charge in [0.05, 0.1) is 12.7 Å². The van der Waals surface area contributed by atoms with Crippen LogP contribution in [0.1, 0.15) is 16.2 Å². The highest BCUT2D eigenvalue weighted by Crippen LogP contribution is 2.40. The number of thiophene rings is 1. The highest BCUT2D eigenvalue weighted by atomic mass is 32.1. The first-order valence-corrected chi connectivity index (χ1v) is 8.69. The quantitative estimate of drug-likeness (QED) is 0.630. The lowest BCUT2D eigenvalue weighted by molar-refractivity contribution is 0.0428. The highest BCUT2D eigenvalue weighted by molar-refractivity contribution is 7.08. The lowest BCUT2D eigenvalue weighted by Gasteiger charge is -2.21. The van der Waals surface area contributed by atoms with E-state index in [9.17, 15) is 4.79 Å². The van der Waals surface area contributed by atoms with Gasteiger partial charge < -0.3 is 23.5 Å². The van der Waals surface area contributed by atoms with Gasteiger partial charge in [-0.1, -0.05) is 5.16 Å². The predicted molar refractivity (Wildman–Crippen MR) is 90.7 cm³/mol. The molecule has 0 aliphatic carbocycles. The van der Waals surface area contributed by atoms with Crippen LogP contribution in [0.3, 0.4) is 0 Å². The zero-order valence-corrected chi connectivity index (χ0v) is 14.6. The molecule has 0 bridgehead atoms. The third kappa shape index (κ3) is 3.21. The van der Waals surface area contributed by atoms with Gasteiger partial charge in [0.1, 0.15) is 13.2 Å². The molecule has 134 valence electrons. The van der Waals surface area contributed by atoms with E-state index in [1.807, 2.05) is 16.8 Å². The summed E-state index contributed by atoms with van der Waals surface area (Å²) in [6.07, 6.45) is 0. The summed E-state index contributed by atoms with van der Waals surface area (Å²) in [5.41, 5.74) is 1.14. The zero-order chi connectivity index (χ0) is 17.9. The van der Waals surface area contributed by atoms with Crippen molar-refractivity contribution in [3.63, 3.8) is 0 Å². The Morgan fingerprint density at radius 2 is 2.19 bits per heavy atom. The summed E-state index contributed by atoms with van der Waals surface area (Å²) in [5, 5.41) is 7.69. The molecule has 26 heavy (non-hydrogen) atoms. The van der Waals surface area contributed by atoms with Crippen LogP contribution in [0.15, 0.2) is 33.5 Å². The molecule has 3 heterocycles. The Balaban J connectivity index is 1.47. The third-order valence-electron chi connectivity index (χ3n) is 3.64. The van der Waals surface area contributed by atoms with Crippen molar-refractivity contribution in [1.82, 2.24) is 10.1 Å². The minimum absolute atomic E-state index is 0.132. The first-order chi connectivity index (χ1) is 12.7. The Hall–Kier alpha value is -3.07. The number of hydrogen-bond donors (Lipinski definition) is 0. The van der Waals surface area contributed by atoms with Crippen molar-refractivity contribution in [2.24, 2.45) is 0 Å². The summed E-state index contributed by atoms with van der Waals surface area (Å²) in [6.45, 7) is 0.700. The second-order valence-corrected chi connectivity index (χ2v) is 6.08. The van der Waals surface area contributed by atoms with Gasteiger partial charge in [-0.3, -0.25) is 0 Å². The molecule has 0 saturated heterocycles. The number of nitrogens with zero attached hydrogens (tertiary/aromatic N) is 2. The number of aromatic nitrogens is 2. The number of hydrogen-bond acceptors (Lipinski definition) is 9. The Morgan fingerprint density at radius 3 is 3.00 bits per heavy atom. The molecule has 1 aliphatic rings. The van der Waals surface area contributed by atoms with Gasteiger partial charge in [-0.15, -0.1) is 0 Å². The van der Waals surface area contributed by atoms with E-state index >= 15 is 0 Å². The summed E-state index contributed by atoms with van der Waals surface area (Å²) < 4.78 is 26.6. The molecule has 0 fully saturated rings. The van der Waals surface area contributed by atoms with Crippen molar-refractivity contribution in [2.45, 2.75) is 6.61 Å². The van der Waals surface area contributed by atoms with Crippen LogP contribution in [-0.2, 0) is 11.3 Å². The van der Waals surface area contributed by atoms with Crippen LogP contribution in [0.5, 0.6) is 17.2 Å². The Bertz CT molecular complexity index is 904. The van der Waals surface area contributed by atoms with E-state index in [1.54, 1.807) is 12.1 Å². The third-order valence-corrected chi connectivity index (χ3v) is 4.32.